The Morgan fingerprint density at radius 2 is 1.77 bits per heavy atom. The highest BCUT2D eigenvalue weighted by Gasteiger charge is 2.30. The van der Waals surface area contributed by atoms with Gasteiger partial charge >= 0.3 is 0 Å². The zero-order valence-corrected chi connectivity index (χ0v) is 18.0. The molecule has 1 aliphatic rings. The number of imidazole rings is 1. The van der Waals surface area contributed by atoms with Gasteiger partial charge in [-0.2, -0.15) is 0 Å². The van der Waals surface area contributed by atoms with E-state index in [4.69, 9.17) is 4.98 Å². The molecule has 0 spiro atoms. The number of rotatable bonds is 5. The van der Waals surface area contributed by atoms with Gasteiger partial charge in [0.25, 0.3) is 0 Å². The molecule has 2 heterocycles. The molecule has 158 valence electrons. The third-order valence-electron chi connectivity index (χ3n) is 5.78. The van der Waals surface area contributed by atoms with Crippen LogP contribution in [0.5, 0.6) is 0 Å². The van der Waals surface area contributed by atoms with Crippen molar-refractivity contribution in [3.63, 3.8) is 0 Å². The standard InChI is InChI=1S/C22H26N4O3S/c1-3-30(28,29)26-14-12-17(13-15-26)22(27)23-18-10-8-16(9-11-18)21-24-19-6-4-5-7-20(19)25(21)2/h4-11,17H,3,12-15H2,1-2H3,(H,23,27). The van der Waals surface area contributed by atoms with Gasteiger partial charge in [0.15, 0.2) is 0 Å². The van der Waals surface area contributed by atoms with Gasteiger partial charge in [0.05, 0.1) is 16.8 Å². The number of para-hydroxylation sites is 2. The topological polar surface area (TPSA) is 84.3 Å². The van der Waals surface area contributed by atoms with Gasteiger partial charge in [-0.25, -0.2) is 17.7 Å². The number of fused-ring (bicyclic) bond motifs is 1. The second kappa shape index (κ2) is 8.20. The van der Waals surface area contributed by atoms with E-state index in [0.717, 1.165) is 28.1 Å². The van der Waals surface area contributed by atoms with Crippen molar-refractivity contribution < 1.29 is 13.2 Å². The molecule has 0 unspecified atom stereocenters. The van der Waals surface area contributed by atoms with Crippen LogP contribution in [0.2, 0.25) is 0 Å². The molecule has 1 fully saturated rings. The highest BCUT2D eigenvalue weighted by molar-refractivity contribution is 7.89. The molecule has 1 saturated heterocycles. The molecular weight excluding hydrogens is 400 g/mol. The average molecular weight is 427 g/mol. The zero-order chi connectivity index (χ0) is 21.3. The Balaban J connectivity index is 1.41. The average Bonchev–Trinajstić information content (AvgIpc) is 3.11. The minimum Gasteiger partial charge on any atom is -0.327 e. The molecule has 1 aliphatic heterocycles. The van der Waals surface area contributed by atoms with E-state index in [-0.39, 0.29) is 17.6 Å². The van der Waals surface area contributed by atoms with Crippen LogP contribution in [-0.2, 0) is 21.9 Å². The van der Waals surface area contributed by atoms with Gasteiger partial charge in [0.1, 0.15) is 5.82 Å². The monoisotopic (exact) mass is 426 g/mol. The van der Waals surface area contributed by atoms with Crippen LogP contribution in [0.1, 0.15) is 19.8 Å². The number of hydrogen-bond donors (Lipinski definition) is 1. The number of piperidine rings is 1. The Hall–Kier alpha value is -2.71. The first-order valence-corrected chi connectivity index (χ1v) is 11.8. The molecule has 1 amide bonds. The lowest BCUT2D eigenvalue weighted by Gasteiger charge is -2.30. The van der Waals surface area contributed by atoms with E-state index < -0.39 is 10.0 Å². The maximum atomic E-state index is 12.6. The van der Waals surface area contributed by atoms with Crippen LogP contribution in [0.15, 0.2) is 48.5 Å². The third-order valence-corrected chi connectivity index (χ3v) is 7.66. The second-order valence-electron chi connectivity index (χ2n) is 7.62. The van der Waals surface area contributed by atoms with E-state index >= 15 is 0 Å². The fourth-order valence-corrected chi connectivity index (χ4v) is 5.06. The summed E-state index contributed by atoms with van der Waals surface area (Å²) in [4.78, 5) is 17.3. The molecule has 30 heavy (non-hydrogen) atoms. The predicted octanol–water partition coefficient (Wildman–Crippen LogP) is 3.24. The van der Waals surface area contributed by atoms with Gasteiger partial charge in [-0.05, 0) is 56.2 Å². The predicted molar refractivity (Wildman–Crippen MR) is 119 cm³/mol. The Kier molecular flexibility index (Phi) is 5.62. The number of nitrogens with zero attached hydrogens (tertiary/aromatic N) is 3. The largest absolute Gasteiger partial charge is 0.327 e. The van der Waals surface area contributed by atoms with E-state index in [1.807, 2.05) is 55.6 Å². The van der Waals surface area contributed by atoms with Crippen molar-refractivity contribution >= 4 is 32.7 Å². The summed E-state index contributed by atoms with van der Waals surface area (Å²) in [5.74, 6) is 0.743. The van der Waals surface area contributed by atoms with Gasteiger partial charge in [-0.15, -0.1) is 0 Å². The minimum absolute atomic E-state index is 0.0565. The molecule has 0 aliphatic carbocycles. The molecule has 3 aromatic rings. The number of carbonyl (C=O) groups excluding carboxylic acids is 1. The van der Waals surface area contributed by atoms with E-state index in [1.165, 1.54) is 4.31 Å². The van der Waals surface area contributed by atoms with Crippen LogP contribution < -0.4 is 5.32 Å². The van der Waals surface area contributed by atoms with Crippen LogP contribution in [0, 0.1) is 5.92 Å². The smallest absolute Gasteiger partial charge is 0.227 e. The summed E-state index contributed by atoms with van der Waals surface area (Å²) in [5.41, 5.74) is 3.72. The lowest BCUT2D eigenvalue weighted by Crippen LogP contribution is -2.42. The molecular formula is C22H26N4O3S. The summed E-state index contributed by atoms with van der Waals surface area (Å²) in [6, 6.07) is 15.7. The van der Waals surface area contributed by atoms with Gasteiger partial charge in [0, 0.05) is 37.3 Å². The molecule has 1 aromatic heterocycles. The highest BCUT2D eigenvalue weighted by atomic mass is 32.2. The van der Waals surface area contributed by atoms with Crippen LogP contribution >= 0.6 is 0 Å². The van der Waals surface area contributed by atoms with E-state index in [1.54, 1.807) is 6.92 Å². The molecule has 1 N–H and O–H groups in total. The second-order valence-corrected chi connectivity index (χ2v) is 9.88. The lowest BCUT2D eigenvalue weighted by atomic mass is 9.97. The van der Waals surface area contributed by atoms with Crippen molar-refractivity contribution in [2.24, 2.45) is 13.0 Å². The van der Waals surface area contributed by atoms with Crippen molar-refractivity contribution in [2.45, 2.75) is 19.8 Å². The van der Waals surface area contributed by atoms with Crippen molar-refractivity contribution in [1.82, 2.24) is 13.9 Å². The summed E-state index contributed by atoms with van der Waals surface area (Å²) in [7, 11) is -1.19. The van der Waals surface area contributed by atoms with Gasteiger partial charge < -0.3 is 9.88 Å². The van der Waals surface area contributed by atoms with Crippen LogP contribution in [0.25, 0.3) is 22.4 Å². The van der Waals surface area contributed by atoms with Crippen molar-refractivity contribution in [2.75, 3.05) is 24.2 Å². The lowest BCUT2D eigenvalue weighted by molar-refractivity contribution is -0.120. The van der Waals surface area contributed by atoms with E-state index in [0.29, 0.717) is 25.9 Å². The summed E-state index contributed by atoms with van der Waals surface area (Å²) in [5, 5.41) is 2.96. The Morgan fingerprint density at radius 3 is 2.40 bits per heavy atom. The number of carbonyl (C=O) groups is 1. The van der Waals surface area contributed by atoms with Crippen LogP contribution in [0.4, 0.5) is 5.69 Å². The summed E-state index contributed by atoms with van der Waals surface area (Å²) in [6.07, 6.45) is 1.09. The number of aromatic nitrogens is 2. The Bertz CT molecular complexity index is 1160. The first-order chi connectivity index (χ1) is 14.4. The molecule has 0 radical (unpaired) electrons. The first kappa shape index (κ1) is 20.6. The first-order valence-electron chi connectivity index (χ1n) is 10.2. The summed E-state index contributed by atoms with van der Waals surface area (Å²) < 4.78 is 27.5. The highest BCUT2D eigenvalue weighted by Crippen LogP contribution is 2.26. The normalized spacial score (nSPS) is 16.1. The minimum atomic E-state index is -3.18. The Morgan fingerprint density at radius 1 is 1.10 bits per heavy atom. The van der Waals surface area contributed by atoms with Gasteiger partial charge in [-0.3, -0.25) is 4.79 Å². The molecule has 2 aromatic carbocycles. The van der Waals surface area contributed by atoms with Crippen LogP contribution in [-0.4, -0.2) is 47.0 Å². The molecule has 8 heteroatoms. The fraction of sp³-hybridized carbons (Fsp3) is 0.364. The molecule has 0 saturated carbocycles. The van der Waals surface area contributed by atoms with Gasteiger partial charge in [-0.1, -0.05) is 12.1 Å². The number of benzene rings is 2. The summed E-state index contributed by atoms with van der Waals surface area (Å²) >= 11 is 0. The number of amides is 1. The van der Waals surface area contributed by atoms with Gasteiger partial charge in [0.2, 0.25) is 15.9 Å². The maximum Gasteiger partial charge on any atom is 0.227 e. The number of nitrogens with one attached hydrogen (secondary N) is 1. The molecule has 7 nitrogen and oxygen atoms in total. The molecule has 0 atom stereocenters. The number of anilines is 1. The van der Waals surface area contributed by atoms with Crippen molar-refractivity contribution in [3.05, 3.63) is 48.5 Å². The van der Waals surface area contributed by atoms with E-state index in [9.17, 15) is 13.2 Å². The number of sulfonamides is 1. The zero-order valence-electron chi connectivity index (χ0n) is 17.2. The SMILES string of the molecule is CCS(=O)(=O)N1CCC(C(=O)Nc2ccc(-c3nc4ccccc4n3C)cc2)CC1. The maximum absolute atomic E-state index is 12.6. The van der Waals surface area contributed by atoms with E-state index in [2.05, 4.69) is 9.88 Å². The van der Waals surface area contributed by atoms with Crippen molar-refractivity contribution in [3.8, 4) is 11.4 Å². The van der Waals surface area contributed by atoms with Crippen molar-refractivity contribution in [1.29, 1.82) is 0 Å². The molecule has 0 bridgehead atoms. The summed E-state index contributed by atoms with van der Waals surface area (Å²) in [6.45, 7) is 2.45. The quantitative estimate of drug-likeness (QED) is 0.679. The Labute approximate surface area is 176 Å². The number of hydrogen-bond acceptors (Lipinski definition) is 4. The van der Waals surface area contributed by atoms with Crippen LogP contribution in [0.3, 0.4) is 0 Å². The fourth-order valence-electron chi connectivity index (χ4n) is 3.93. The third kappa shape index (κ3) is 3.97. The number of aryl methyl sites for hydroxylation is 1. The molecule has 4 rings (SSSR count).